The van der Waals surface area contributed by atoms with Gasteiger partial charge in [0.15, 0.2) is 0 Å². The van der Waals surface area contributed by atoms with Gasteiger partial charge in [0, 0.05) is 12.2 Å². The molecule has 0 radical (unpaired) electrons. The van der Waals surface area contributed by atoms with E-state index in [1.165, 1.54) is 0 Å². The lowest BCUT2D eigenvalue weighted by molar-refractivity contribution is 0.00768. The van der Waals surface area contributed by atoms with Crippen LogP contribution < -0.4 is 5.73 Å². The lowest BCUT2D eigenvalue weighted by atomic mass is 10.0. The fourth-order valence-corrected chi connectivity index (χ4v) is 2.35. The van der Waals surface area contributed by atoms with Gasteiger partial charge in [-0.25, -0.2) is 0 Å². The first-order chi connectivity index (χ1) is 9.08. The van der Waals surface area contributed by atoms with E-state index in [-0.39, 0.29) is 0 Å². The molecule has 0 aliphatic carbocycles. The van der Waals surface area contributed by atoms with Crippen LogP contribution in [0.25, 0.3) is 11.5 Å². The fraction of sp³-hybridized carbons (Fsp3) is 0.385. The van der Waals surface area contributed by atoms with Gasteiger partial charge in [-0.1, -0.05) is 16.8 Å². The topological polar surface area (TPSA) is 74.2 Å². The Labute approximate surface area is 115 Å². The van der Waals surface area contributed by atoms with Crippen LogP contribution in [0.5, 0.6) is 0 Å². The van der Waals surface area contributed by atoms with Crippen molar-refractivity contribution in [3.8, 4) is 11.5 Å². The molecule has 0 bridgehead atoms. The van der Waals surface area contributed by atoms with Crippen molar-refractivity contribution < 1.29 is 9.26 Å². The minimum Gasteiger partial charge on any atom is -0.398 e. The molecular weight excluding hydrogens is 266 g/mol. The molecule has 1 aromatic heterocycles. The van der Waals surface area contributed by atoms with Gasteiger partial charge < -0.3 is 15.0 Å². The van der Waals surface area contributed by atoms with Crippen molar-refractivity contribution >= 4 is 17.3 Å². The molecule has 3 rings (SSSR count). The monoisotopic (exact) mass is 279 g/mol. The quantitative estimate of drug-likeness (QED) is 0.856. The molecule has 1 aliphatic heterocycles. The summed E-state index contributed by atoms with van der Waals surface area (Å²) in [6.45, 7) is 2.71. The summed E-state index contributed by atoms with van der Waals surface area (Å²) in [5.41, 5.74) is 6.50. The standard InChI is InChI=1S/C13H14ClN3O2/c1-13(5-2-6-18-13)12-16-11(19-17-12)8-3-4-10(15)9(14)7-8/h3-4,7H,2,5-6,15H2,1H3. The highest BCUT2D eigenvalue weighted by atomic mass is 35.5. The summed E-state index contributed by atoms with van der Waals surface area (Å²) in [6, 6.07) is 5.23. The van der Waals surface area contributed by atoms with Crippen LogP contribution in [0.4, 0.5) is 5.69 Å². The molecule has 1 saturated heterocycles. The Morgan fingerprint density at radius 1 is 1.42 bits per heavy atom. The first-order valence-electron chi connectivity index (χ1n) is 6.12. The summed E-state index contributed by atoms with van der Waals surface area (Å²) in [5, 5.41) is 4.49. The van der Waals surface area contributed by atoms with Gasteiger partial charge in [0.05, 0.1) is 10.7 Å². The Hall–Kier alpha value is -1.59. The lowest BCUT2D eigenvalue weighted by Crippen LogP contribution is -2.21. The molecule has 0 spiro atoms. The highest BCUT2D eigenvalue weighted by molar-refractivity contribution is 6.33. The Morgan fingerprint density at radius 2 is 2.26 bits per heavy atom. The number of nitrogen functional groups attached to an aromatic ring is 1. The largest absolute Gasteiger partial charge is 0.398 e. The molecule has 1 aromatic carbocycles. The number of ether oxygens (including phenoxy) is 1. The van der Waals surface area contributed by atoms with Crippen molar-refractivity contribution in [3.63, 3.8) is 0 Å². The zero-order valence-corrected chi connectivity index (χ0v) is 11.3. The number of rotatable bonds is 2. The maximum Gasteiger partial charge on any atom is 0.258 e. The fourth-order valence-electron chi connectivity index (χ4n) is 2.17. The zero-order valence-electron chi connectivity index (χ0n) is 10.5. The molecule has 0 amide bonds. The van der Waals surface area contributed by atoms with Crippen LogP contribution >= 0.6 is 11.6 Å². The smallest absolute Gasteiger partial charge is 0.258 e. The van der Waals surface area contributed by atoms with Crippen LogP contribution in [0.3, 0.4) is 0 Å². The number of aromatic nitrogens is 2. The van der Waals surface area contributed by atoms with Crippen molar-refractivity contribution in [1.29, 1.82) is 0 Å². The summed E-state index contributed by atoms with van der Waals surface area (Å²) >= 11 is 5.99. The second-order valence-electron chi connectivity index (χ2n) is 4.84. The van der Waals surface area contributed by atoms with Gasteiger partial charge in [0.2, 0.25) is 5.82 Å². The molecule has 2 N–H and O–H groups in total. The third kappa shape index (κ3) is 2.19. The van der Waals surface area contributed by atoms with E-state index in [0.29, 0.717) is 22.4 Å². The number of hydrogen-bond acceptors (Lipinski definition) is 5. The van der Waals surface area contributed by atoms with Gasteiger partial charge in [0.25, 0.3) is 5.89 Å². The van der Waals surface area contributed by atoms with Crippen molar-refractivity contribution in [1.82, 2.24) is 10.1 Å². The number of hydrogen-bond donors (Lipinski definition) is 1. The summed E-state index contributed by atoms with van der Waals surface area (Å²) < 4.78 is 11.0. The summed E-state index contributed by atoms with van der Waals surface area (Å²) in [6.07, 6.45) is 1.91. The molecule has 1 aliphatic rings. The second kappa shape index (κ2) is 4.51. The van der Waals surface area contributed by atoms with Crippen molar-refractivity contribution in [3.05, 3.63) is 29.0 Å². The van der Waals surface area contributed by atoms with Gasteiger partial charge in [-0.3, -0.25) is 0 Å². The van der Waals surface area contributed by atoms with E-state index in [1.54, 1.807) is 18.2 Å². The van der Waals surface area contributed by atoms with E-state index in [2.05, 4.69) is 10.1 Å². The number of benzene rings is 1. The zero-order chi connectivity index (χ0) is 13.5. The van der Waals surface area contributed by atoms with Crippen LogP contribution in [0.1, 0.15) is 25.6 Å². The van der Waals surface area contributed by atoms with Crippen LogP contribution in [-0.2, 0) is 10.3 Å². The third-order valence-corrected chi connectivity index (χ3v) is 3.69. The van der Waals surface area contributed by atoms with Crippen LogP contribution in [0.2, 0.25) is 5.02 Å². The van der Waals surface area contributed by atoms with E-state index < -0.39 is 5.60 Å². The van der Waals surface area contributed by atoms with Crippen molar-refractivity contribution in [2.24, 2.45) is 0 Å². The van der Waals surface area contributed by atoms with Gasteiger partial charge in [0.1, 0.15) is 5.60 Å². The minimum absolute atomic E-state index is 0.425. The third-order valence-electron chi connectivity index (χ3n) is 3.37. The van der Waals surface area contributed by atoms with Crippen molar-refractivity contribution in [2.75, 3.05) is 12.3 Å². The van der Waals surface area contributed by atoms with Crippen LogP contribution in [0.15, 0.2) is 22.7 Å². The molecule has 1 atom stereocenters. The minimum atomic E-state index is -0.445. The molecular formula is C13H14ClN3O2. The molecule has 0 saturated carbocycles. The molecule has 6 heteroatoms. The molecule has 2 heterocycles. The summed E-state index contributed by atoms with van der Waals surface area (Å²) in [5.74, 6) is 1.00. The van der Waals surface area contributed by atoms with Crippen LogP contribution in [0, 0.1) is 0 Å². The van der Waals surface area contributed by atoms with E-state index >= 15 is 0 Å². The van der Waals surface area contributed by atoms with E-state index in [4.69, 9.17) is 26.6 Å². The number of nitrogens with two attached hydrogens (primary N) is 1. The van der Waals surface area contributed by atoms with E-state index in [9.17, 15) is 0 Å². The number of anilines is 1. The highest BCUT2D eigenvalue weighted by Gasteiger charge is 2.36. The average molecular weight is 280 g/mol. The summed E-state index contributed by atoms with van der Waals surface area (Å²) in [4.78, 5) is 4.40. The molecule has 5 nitrogen and oxygen atoms in total. The number of halogens is 1. The molecule has 19 heavy (non-hydrogen) atoms. The van der Waals surface area contributed by atoms with Crippen molar-refractivity contribution in [2.45, 2.75) is 25.4 Å². The molecule has 1 fully saturated rings. The maximum absolute atomic E-state index is 5.99. The van der Waals surface area contributed by atoms with Gasteiger partial charge in [-0.15, -0.1) is 0 Å². The Morgan fingerprint density at radius 3 is 2.95 bits per heavy atom. The normalized spacial score (nSPS) is 22.8. The Bertz CT molecular complexity index is 606. The van der Waals surface area contributed by atoms with Gasteiger partial charge >= 0.3 is 0 Å². The second-order valence-corrected chi connectivity index (χ2v) is 5.25. The highest BCUT2D eigenvalue weighted by Crippen LogP contribution is 2.35. The maximum atomic E-state index is 5.99. The average Bonchev–Trinajstić information content (AvgIpc) is 3.02. The Kier molecular flexibility index (Phi) is 2.95. The summed E-state index contributed by atoms with van der Waals surface area (Å²) in [7, 11) is 0. The van der Waals surface area contributed by atoms with Crippen LogP contribution in [-0.4, -0.2) is 16.7 Å². The number of nitrogens with zero attached hydrogens (tertiary/aromatic N) is 2. The SMILES string of the molecule is CC1(c2noc(-c3ccc(N)c(Cl)c3)n2)CCCO1. The van der Waals surface area contributed by atoms with E-state index in [1.807, 2.05) is 6.92 Å². The van der Waals surface area contributed by atoms with Gasteiger partial charge in [-0.05, 0) is 38.0 Å². The van der Waals surface area contributed by atoms with Gasteiger partial charge in [-0.2, -0.15) is 4.98 Å². The predicted molar refractivity (Wildman–Crippen MR) is 71.7 cm³/mol. The first kappa shape index (κ1) is 12.4. The predicted octanol–water partition coefficient (Wildman–Crippen LogP) is 3.00. The molecule has 100 valence electrons. The lowest BCUT2D eigenvalue weighted by Gasteiger charge is -2.17. The Balaban J connectivity index is 1.94. The first-order valence-corrected chi connectivity index (χ1v) is 6.50. The molecule has 2 aromatic rings. The van der Waals surface area contributed by atoms with E-state index in [0.717, 1.165) is 25.0 Å². The molecule has 1 unspecified atom stereocenters.